The summed E-state index contributed by atoms with van der Waals surface area (Å²) < 4.78 is 0. The molecule has 0 saturated carbocycles. The SMILES string of the molecule is CC(C)(C)c1[c-]c2c(cc1)-c1ccc(C(C)(C)C)cc1C2.Cl.Cl.[C-]1=CC=CC1.[CH2-]CC.[CH2-]CC.[SiH2]=[Zr]. The van der Waals surface area contributed by atoms with E-state index in [1.165, 1.54) is 33.4 Å². The van der Waals surface area contributed by atoms with Gasteiger partial charge in [0.25, 0.3) is 0 Å². The van der Waals surface area contributed by atoms with E-state index in [0.717, 1.165) is 25.7 Å². The minimum absolute atomic E-state index is 0. The van der Waals surface area contributed by atoms with Gasteiger partial charge in [-0.05, 0) is 28.4 Å². The Bertz CT molecular complexity index is 845. The average Bonchev–Trinajstić information content (AvgIpc) is 3.46. The first-order chi connectivity index (χ1) is 16.0. The van der Waals surface area contributed by atoms with E-state index in [-0.39, 0.29) is 35.6 Å². The number of allylic oxidation sites excluding steroid dienone is 4. The van der Waals surface area contributed by atoms with Crippen molar-refractivity contribution in [2.45, 2.75) is 91.9 Å². The number of benzene rings is 2. The molecular weight excluding hydrogens is 575 g/mol. The molecule has 2 aliphatic rings. The summed E-state index contributed by atoms with van der Waals surface area (Å²) in [5.41, 5.74) is 8.70. The van der Waals surface area contributed by atoms with Gasteiger partial charge in [-0.3, -0.25) is 6.08 Å². The number of rotatable bonds is 0. The van der Waals surface area contributed by atoms with E-state index in [2.05, 4.69) is 104 Å². The number of hydrogen-bond acceptors (Lipinski definition) is 0. The topological polar surface area (TPSA) is 0 Å². The first-order valence-corrected chi connectivity index (χ1v) is 18.3. The number of hydrogen-bond donors (Lipinski definition) is 0. The fraction of sp³-hybridized carbons (Fsp3) is 0.438. The van der Waals surface area contributed by atoms with Crippen LogP contribution in [-0.2, 0) is 40.6 Å². The Hall–Kier alpha value is -0.400. The minimum atomic E-state index is 0. The molecule has 4 rings (SSSR count). The Labute approximate surface area is 253 Å². The zero-order chi connectivity index (χ0) is 26.4. The van der Waals surface area contributed by atoms with Gasteiger partial charge < -0.3 is 13.8 Å². The molecule has 0 nitrogen and oxygen atoms in total. The van der Waals surface area contributed by atoms with Crippen molar-refractivity contribution in [2.24, 2.45) is 0 Å². The second-order valence-corrected chi connectivity index (χ2v) is 10.3. The summed E-state index contributed by atoms with van der Waals surface area (Å²) in [6.07, 6.45) is 13.0. The van der Waals surface area contributed by atoms with Crippen LogP contribution in [-0.4, -0.2) is 6.88 Å². The van der Waals surface area contributed by atoms with Gasteiger partial charge in [-0.2, -0.15) is 42.7 Å². The quantitative estimate of drug-likeness (QED) is 0.173. The second kappa shape index (κ2) is 20.5. The molecule has 0 spiro atoms. The van der Waals surface area contributed by atoms with Gasteiger partial charge in [0, 0.05) is 0 Å². The van der Waals surface area contributed by atoms with Crippen LogP contribution in [0.25, 0.3) is 11.1 Å². The predicted octanol–water partition coefficient (Wildman–Crippen LogP) is 9.34. The van der Waals surface area contributed by atoms with E-state index in [1.807, 2.05) is 32.9 Å². The van der Waals surface area contributed by atoms with Crippen LogP contribution < -0.4 is 0 Å². The van der Waals surface area contributed by atoms with Crippen molar-refractivity contribution in [3.8, 4) is 11.1 Å². The molecule has 4 heteroatoms. The molecular formula is C32H48Cl2SiZr-4. The molecule has 0 aliphatic heterocycles. The van der Waals surface area contributed by atoms with E-state index in [0.29, 0.717) is 0 Å². The number of fused-ring (bicyclic) bond motifs is 3. The molecule has 0 atom stereocenters. The summed E-state index contributed by atoms with van der Waals surface area (Å²) in [7, 11) is 0. The molecule has 0 saturated heterocycles. The van der Waals surface area contributed by atoms with Crippen LogP contribution in [0, 0.1) is 26.0 Å². The van der Waals surface area contributed by atoms with E-state index >= 15 is 0 Å². The van der Waals surface area contributed by atoms with Gasteiger partial charge in [0.1, 0.15) is 0 Å². The van der Waals surface area contributed by atoms with Crippen LogP contribution in [0.5, 0.6) is 0 Å². The molecule has 202 valence electrons. The Morgan fingerprint density at radius 3 is 1.78 bits per heavy atom. The average molecular weight is 623 g/mol. The van der Waals surface area contributed by atoms with Gasteiger partial charge in [0.2, 0.25) is 0 Å². The summed E-state index contributed by atoms with van der Waals surface area (Å²) in [6.45, 7) is 26.6. The summed E-state index contributed by atoms with van der Waals surface area (Å²) >= 11 is 1.58. The summed E-state index contributed by atoms with van der Waals surface area (Å²) in [6, 6.07) is 15.2. The molecule has 0 fully saturated rings. The van der Waals surface area contributed by atoms with Gasteiger partial charge >= 0.3 is 30.2 Å². The summed E-state index contributed by atoms with van der Waals surface area (Å²) in [5, 5.41) is 0. The molecule has 0 heterocycles. The fourth-order valence-electron chi connectivity index (χ4n) is 3.37. The van der Waals surface area contributed by atoms with E-state index < -0.39 is 0 Å². The zero-order valence-electron chi connectivity index (χ0n) is 23.9. The third-order valence-corrected chi connectivity index (χ3v) is 5.05. The van der Waals surface area contributed by atoms with Crippen molar-refractivity contribution in [3.05, 3.63) is 96.8 Å². The Morgan fingerprint density at radius 2 is 1.39 bits per heavy atom. The van der Waals surface area contributed by atoms with Gasteiger partial charge in [-0.15, -0.1) is 42.4 Å². The molecule has 0 amide bonds. The molecule has 0 radical (unpaired) electrons. The van der Waals surface area contributed by atoms with E-state index in [1.54, 1.807) is 23.3 Å². The normalized spacial score (nSPS) is 11.7. The molecule has 36 heavy (non-hydrogen) atoms. The van der Waals surface area contributed by atoms with Gasteiger partial charge in [0.15, 0.2) is 0 Å². The van der Waals surface area contributed by atoms with Crippen LogP contribution >= 0.6 is 24.8 Å². The van der Waals surface area contributed by atoms with Crippen molar-refractivity contribution in [2.75, 3.05) is 0 Å². The van der Waals surface area contributed by atoms with Crippen LogP contribution in [0.2, 0.25) is 0 Å². The Morgan fingerprint density at radius 1 is 0.861 bits per heavy atom. The van der Waals surface area contributed by atoms with Crippen molar-refractivity contribution >= 4 is 31.7 Å². The molecule has 0 unspecified atom stereocenters. The second-order valence-electron chi connectivity index (χ2n) is 10.3. The molecule has 0 N–H and O–H groups in total. The maximum atomic E-state index is 3.67. The van der Waals surface area contributed by atoms with Crippen LogP contribution in [0.15, 0.2) is 48.6 Å². The Balaban J connectivity index is -0.000000609. The summed E-state index contributed by atoms with van der Waals surface area (Å²) in [5.74, 6) is 0. The van der Waals surface area contributed by atoms with Crippen LogP contribution in [0.4, 0.5) is 0 Å². The molecule has 2 aromatic carbocycles. The molecule has 2 aliphatic carbocycles. The number of halogens is 2. The van der Waals surface area contributed by atoms with E-state index in [4.69, 9.17) is 0 Å². The first kappa shape index (κ1) is 40.1. The van der Waals surface area contributed by atoms with Crippen molar-refractivity contribution in [1.29, 1.82) is 0 Å². The van der Waals surface area contributed by atoms with Gasteiger partial charge in [0.05, 0.1) is 0 Å². The Kier molecular flexibility index (Phi) is 22.9. The first-order valence-electron chi connectivity index (χ1n) is 12.3. The fourth-order valence-corrected chi connectivity index (χ4v) is 3.37. The zero-order valence-corrected chi connectivity index (χ0v) is 29.4. The monoisotopic (exact) mass is 620 g/mol. The predicted molar refractivity (Wildman–Crippen MR) is 167 cm³/mol. The van der Waals surface area contributed by atoms with Crippen molar-refractivity contribution in [1.82, 2.24) is 0 Å². The van der Waals surface area contributed by atoms with Crippen molar-refractivity contribution < 1.29 is 23.3 Å². The third-order valence-electron chi connectivity index (χ3n) is 5.05. The van der Waals surface area contributed by atoms with Crippen LogP contribution in [0.3, 0.4) is 0 Å². The molecule has 0 bridgehead atoms. The van der Waals surface area contributed by atoms with E-state index in [9.17, 15) is 0 Å². The van der Waals surface area contributed by atoms with Crippen molar-refractivity contribution in [3.63, 3.8) is 0 Å². The summed E-state index contributed by atoms with van der Waals surface area (Å²) in [4.78, 5) is 0. The van der Waals surface area contributed by atoms with Gasteiger partial charge in [-0.25, -0.2) is 12.2 Å². The molecule has 2 aromatic rings. The van der Waals surface area contributed by atoms with Crippen LogP contribution in [0.1, 0.15) is 96.9 Å². The molecule has 0 aromatic heterocycles. The standard InChI is InChI=1S/C21H25.C5H5.2C3H7.2ClH.H2Si.Zr/c1-20(2,3)16-7-9-18-14(12-16)11-15-13-17(21(4,5)6)8-10-19(15)18;1-2-4-5-3-1;2*1-3-2;;;;/h7-10,12H,11H2,1-6H3;1-3H,4H2;2*1,3H2,2H3;2*1H;1H2;/q4*-1;;;;. The maximum absolute atomic E-state index is 3.67. The van der Waals surface area contributed by atoms with Gasteiger partial charge in [-0.1, -0.05) is 79.2 Å². The third kappa shape index (κ3) is 13.9.